The quantitative estimate of drug-likeness (QED) is 0.691. The number of nitrogens with one attached hydrogen (secondary N) is 1. The van der Waals surface area contributed by atoms with Crippen LogP contribution < -0.4 is 5.32 Å². The first-order valence-electron chi connectivity index (χ1n) is 9.16. The molecule has 0 bridgehead atoms. The van der Waals surface area contributed by atoms with Crippen molar-refractivity contribution >= 4 is 23.2 Å². The van der Waals surface area contributed by atoms with E-state index in [1.807, 2.05) is 45.0 Å². The maximum absolute atomic E-state index is 12.4. The van der Waals surface area contributed by atoms with Gasteiger partial charge in [0.2, 0.25) is 5.91 Å². The monoisotopic (exact) mass is 395 g/mol. The summed E-state index contributed by atoms with van der Waals surface area (Å²) >= 11 is 5.91. The average molecular weight is 396 g/mol. The van der Waals surface area contributed by atoms with Gasteiger partial charge in [-0.25, -0.2) is 9.50 Å². The van der Waals surface area contributed by atoms with E-state index in [4.69, 9.17) is 16.9 Å². The summed E-state index contributed by atoms with van der Waals surface area (Å²) in [6.45, 7) is 5.83. The van der Waals surface area contributed by atoms with Crippen molar-refractivity contribution < 1.29 is 4.79 Å². The third-order valence-corrected chi connectivity index (χ3v) is 5.05. The maximum Gasteiger partial charge on any atom is 0.220 e. The van der Waals surface area contributed by atoms with Gasteiger partial charge < -0.3 is 5.32 Å². The van der Waals surface area contributed by atoms with Gasteiger partial charge in [-0.1, -0.05) is 23.7 Å². The second-order valence-electron chi connectivity index (χ2n) is 6.97. The number of rotatable bonds is 6. The number of fused-ring (bicyclic) bond motifs is 1. The highest BCUT2D eigenvalue weighted by molar-refractivity contribution is 6.30. The molecule has 0 aliphatic rings. The van der Waals surface area contributed by atoms with Gasteiger partial charge in [0.15, 0.2) is 5.65 Å². The number of hydrogen-bond acceptors (Lipinski definition) is 4. The van der Waals surface area contributed by atoms with Gasteiger partial charge >= 0.3 is 0 Å². The molecule has 2 aromatic heterocycles. The number of nitriles is 1. The Kier molecular flexibility index (Phi) is 5.96. The largest absolute Gasteiger partial charge is 0.353 e. The number of halogens is 1. The third-order valence-electron chi connectivity index (χ3n) is 4.79. The molecule has 0 saturated carbocycles. The van der Waals surface area contributed by atoms with Gasteiger partial charge in [0, 0.05) is 28.9 Å². The highest BCUT2D eigenvalue weighted by Gasteiger charge is 2.15. The molecule has 3 aromatic rings. The van der Waals surface area contributed by atoms with Crippen LogP contribution in [0.3, 0.4) is 0 Å². The molecule has 1 unspecified atom stereocenters. The number of nitrogens with zero attached hydrogens (tertiary/aromatic N) is 4. The zero-order valence-corrected chi connectivity index (χ0v) is 16.9. The van der Waals surface area contributed by atoms with Crippen LogP contribution in [0.2, 0.25) is 5.02 Å². The Balaban J connectivity index is 1.62. The van der Waals surface area contributed by atoms with Crippen LogP contribution in [0.15, 0.2) is 30.5 Å². The molecule has 1 atom stereocenters. The molecule has 28 heavy (non-hydrogen) atoms. The summed E-state index contributed by atoms with van der Waals surface area (Å²) in [5.74, 6) is -0.00135. The van der Waals surface area contributed by atoms with Gasteiger partial charge in [0.1, 0.15) is 11.6 Å². The van der Waals surface area contributed by atoms with E-state index in [2.05, 4.69) is 21.5 Å². The van der Waals surface area contributed by atoms with Gasteiger partial charge in [0.05, 0.1) is 6.20 Å². The van der Waals surface area contributed by atoms with E-state index >= 15 is 0 Å². The molecule has 0 aliphatic carbocycles. The van der Waals surface area contributed by atoms with E-state index in [9.17, 15) is 4.79 Å². The summed E-state index contributed by atoms with van der Waals surface area (Å²) in [7, 11) is 0. The van der Waals surface area contributed by atoms with E-state index in [0.29, 0.717) is 29.1 Å². The number of amides is 1. The topological polar surface area (TPSA) is 83.1 Å². The SMILES string of the molecule is Cc1nc2c(C#N)cnn2c(C)c1CCC(=O)NC(C)Cc1ccc(Cl)cc1. The van der Waals surface area contributed by atoms with E-state index in [1.165, 1.54) is 6.20 Å². The Morgan fingerprint density at radius 3 is 2.71 bits per heavy atom. The highest BCUT2D eigenvalue weighted by atomic mass is 35.5. The van der Waals surface area contributed by atoms with Crippen LogP contribution in [0.25, 0.3) is 5.65 Å². The second kappa shape index (κ2) is 8.41. The Hall–Kier alpha value is -2.91. The summed E-state index contributed by atoms with van der Waals surface area (Å²) in [6.07, 6.45) is 3.20. The molecular formula is C21H22ClN5O. The Morgan fingerprint density at radius 1 is 1.32 bits per heavy atom. The first-order chi connectivity index (χ1) is 13.4. The molecule has 6 nitrogen and oxygen atoms in total. The Labute approximate surface area is 169 Å². The van der Waals surface area contributed by atoms with Crippen molar-refractivity contribution in [3.63, 3.8) is 0 Å². The zero-order valence-electron chi connectivity index (χ0n) is 16.2. The summed E-state index contributed by atoms with van der Waals surface area (Å²) in [5, 5.41) is 17.1. The van der Waals surface area contributed by atoms with E-state index in [0.717, 1.165) is 28.9 Å². The van der Waals surface area contributed by atoms with Crippen LogP contribution in [0.5, 0.6) is 0 Å². The number of hydrogen-bond donors (Lipinski definition) is 1. The van der Waals surface area contributed by atoms with Crippen LogP contribution in [0.1, 0.15) is 41.4 Å². The molecule has 0 fully saturated rings. The van der Waals surface area contributed by atoms with Crippen molar-refractivity contribution in [1.29, 1.82) is 5.26 Å². The fraction of sp³-hybridized carbons (Fsp3) is 0.333. The van der Waals surface area contributed by atoms with Crippen molar-refractivity contribution in [2.45, 2.75) is 46.1 Å². The van der Waals surface area contributed by atoms with Gasteiger partial charge in [-0.3, -0.25) is 4.79 Å². The number of carbonyl (C=O) groups excluding carboxylic acids is 1. The van der Waals surface area contributed by atoms with Crippen LogP contribution in [-0.2, 0) is 17.6 Å². The molecule has 3 rings (SSSR count). The van der Waals surface area contributed by atoms with E-state index in [1.54, 1.807) is 4.52 Å². The molecule has 1 amide bonds. The summed E-state index contributed by atoms with van der Waals surface area (Å²) in [5.41, 5.74) is 4.86. The van der Waals surface area contributed by atoms with Crippen molar-refractivity contribution in [2.24, 2.45) is 0 Å². The average Bonchev–Trinajstić information content (AvgIpc) is 3.06. The molecule has 1 N–H and O–H groups in total. The molecule has 1 aromatic carbocycles. The minimum absolute atomic E-state index is 0.00135. The predicted molar refractivity (Wildman–Crippen MR) is 108 cm³/mol. The lowest BCUT2D eigenvalue weighted by atomic mass is 10.0. The Morgan fingerprint density at radius 2 is 2.04 bits per heavy atom. The minimum atomic E-state index is -0.00135. The normalized spacial score (nSPS) is 12.0. The molecule has 7 heteroatoms. The first kappa shape index (κ1) is 19.8. The lowest BCUT2D eigenvalue weighted by molar-refractivity contribution is -0.121. The van der Waals surface area contributed by atoms with Crippen molar-refractivity contribution in [3.8, 4) is 6.07 Å². The van der Waals surface area contributed by atoms with Crippen LogP contribution in [-0.4, -0.2) is 26.5 Å². The van der Waals surface area contributed by atoms with Gasteiger partial charge in [0.25, 0.3) is 0 Å². The fourth-order valence-corrected chi connectivity index (χ4v) is 3.49. The molecule has 0 aliphatic heterocycles. The molecule has 0 spiro atoms. The minimum Gasteiger partial charge on any atom is -0.353 e. The van der Waals surface area contributed by atoms with Crippen molar-refractivity contribution in [3.05, 3.63) is 63.6 Å². The molecule has 144 valence electrons. The van der Waals surface area contributed by atoms with Crippen molar-refractivity contribution in [1.82, 2.24) is 19.9 Å². The summed E-state index contributed by atoms with van der Waals surface area (Å²) < 4.78 is 1.67. The maximum atomic E-state index is 12.4. The molecule has 0 saturated heterocycles. The lowest BCUT2D eigenvalue weighted by Gasteiger charge is -2.15. The van der Waals surface area contributed by atoms with Gasteiger partial charge in [-0.05, 0) is 56.9 Å². The summed E-state index contributed by atoms with van der Waals surface area (Å²) in [4.78, 5) is 16.9. The molecule has 0 radical (unpaired) electrons. The van der Waals surface area contributed by atoms with Crippen LogP contribution in [0, 0.1) is 25.2 Å². The Bertz CT molecular complexity index is 1050. The van der Waals surface area contributed by atoms with E-state index < -0.39 is 0 Å². The van der Waals surface area contributed by atoms with Crippen LogP contribution >= 0.6 is 11.6 Å². The first-order valence-corrected chi connectivity index (χ1v) is 9.54. The smallest absolute Gasteiger partial charge is 0.220 e. The lowest BCUT2D eigenvalue weighted by Crippen LogP contribution is -2.34. The number of benzene rings is 1. The third kappa shape index (κ3) is 4.32. The number of carbonyl (C=O) groups is 1. The zero-order chi connectivity index (χ0) is 20.3. The van der Waals surface area contributed by atoms with Crippen LogP contribution in [0.4, 0.5) is 0 Å². The van der Waals surface area contributed by atoms with Gasteiger partial charge in [-0.2, -0.15) is 10.4 Å². The standard InChI is InChI=1S/C21H22ClN5O/c1-13(10-16-4-6-18(22)7-5-16)25-20(28)9-8-19-14(2)26-21-17(11-23)12-24-27(21)15(19)3/h4-7,12-13H,8-10H2,1-3H3,(H,25,28). The summed E-state index contributed by atoms with van der Waals surface area (Å²) in [6, 6.07) is 9.78. The second-order valence-corrected chi connectivity index (χ2v) is 7.40. The molecule has 2 heterocycles. The van der Waals surface area contributed by atoms with E-state index in [-0.39, 0.29) is 11.9 Å². The highest BCUT2D eigenvalue weighted by Crippen LogP contribution is 2.18. The predicted octanol–water partition coefficient (Wildman–Crippen LogP) is 3.55. The van der Waals surface area contributed by atoms with Crippen molar-refractivity contribution in [2.75, 3.05) is 0 Å². The fourth-order valence-electron chi connectivity index (χ4n) is 3.36. The molecular weight excluding hydrogens is 374 g/mol. The van der Waals surface area contributed by atoms with Gasteiger partial charge in [-0.15, -0.1) is 0 Å². The number of aromatic nitrogens is 3. The number of aryl methyl sites for hydroxylation is 2.